The van der Waals surface area contributed by atoms with E-state index in [0.29, 0.717) is 12.1 Å². The number of fused-ring (bicyclic) bond motifs is 1. The van der Waals surface area contributed by atoms with Crippen LogP contribution in [-0.4, -0.2) is 35.7 Å². The number of methoxy groups -OCH3 is 1. The highest BCUT2D eigenvalue weighted by Gasteiger charge is 2.18. The highest BCUT2D eigenvalue weighted by molar-refractivity contribution is 6.08. The molecule has 0 aliphatic heterocycles. The Kier molecular flexibility index (Phi) is 5.64. The zero-order valence-corrected chi connectivity index (χ0v) is 16.3. The summed E-state index contributed by atoms with van der Waals surface area (Å²) in [5.41, 5.74) is 3.80. The van der Waals surface area contributed by atoms with E-state index < -0.39 is 0 Å². The van der Waals surface area contributed by atoms with Crippen LogP contribution >= 0.6 is 0 Å². The van der Waals surface area contributed by atoms with Crippen LogP contribution in [0.3, 0.4) is 0 Å². The van der Waals surface area contributed by atoms with E-state index in [4.69, 9.17) is 4.74 Å². The van der Waals surface area contributed by atoms with Gasteiger partial charge in [-0.3, -0.25) is 4.79 Å². The Morgan fingerprint density at radius 2 is 2.00 bits per heavy atom. The average molecular weight is 366 g/mol. The summed E-state index contributed by atoms with van der Waals surface area (Å²) in [5, 5.41) is 7.20. The zero-order chi connectivity index (χ0) is 19.4. The van der Waals surface area contributed by atoms with Crippen molar-refractivity contribution in [1.82, 2.24) is 14.9 Å². The van der Waals surface area contributed by atoms with Crippen molar-refractivity contribution in [3.8, 4) is 5.75 Å². The quantitative estimate of drug-likeness (QED) is 0.629. The molecule has 2 heterocycles. The molecule has 0 saturated heterocycles. The predicted molar refractivity (Wildman–Crippen MR) is 109 cm³/mol. The van der Waals surface area contributed by atoms with Crippen LogP contribution in [0.15, 0.2) is 36.5 Å². The third-order valence-corrected chi connectivity index (χ3v) is 4.78. The summed E-state index contributed by atoms with van der Waals surface area (Å²) in [4.78, 5) is 17.1. The lowest BCUT2D eigenvalue weighted by Gasteiger charge is -2.08. The Morgan fingerprint density at radius 3 is 2.70 bits per heavy atom. The zero-order valence-electron chi connectivity index (χ0n) is 16.3. The number of pyridine rings is 1. The van der Waals surface area contributed by atoms with Gasteiger partial charge in [0.2, 0.25) is 0 Å². The van der Waals surface area contributed by atoms with Gasteiger partial charge in [0.25, 0.3) is 5.91 Å². The van der Waals surface area contributed by atoms with Gasteiger partial charge in [-0.15, -0.1) is 0 Å². The number of benzene rings is 1. The van der Waals surface area contributed by atoms with Crippen molar-refractivity contribution >= 4 is 22.6 Å². The van der Waals surface area contributed by atoms with Crippen LogP contribution in [0, 0.1) is 13.8 Å². The standard InChI is InChI=1S/C21H26N4O2/c1-14-6-9-19(24-13-14)22-10-5-11-23-21(26)20-15(2)25(3)18-8-7-16(27-4)12-17(18)20/h6-9,12-13H,5,10-11H2,1-4H3,(H,22,24)(H,23,26). The number of amides is 1. The molecule has 27 heavy (non-hydrogen) atoms. The third-order valence-electron chi connectivity index (χ3n) is 4.78. The second-order valence-corrected chi connectivity index (χ2v) is 6.66. The second-order valence-electron chi connectivity index (χ2n) is 6.66. The lowest BCUT2D eigenvalue weighted by Crippen LogP contribution is -2.26. The van der Waals surface area contributed by atoms with Gasteiger partial charge in [0.05, 0.1) is 12.7 Å². The maximum atomic E-state index is 12.8. The van der Waals surface area contributed by atoms with Crippen molar-refractivity contribution in [3.63, 3.8) is 0 Å². The van der Waals surface area contributed by atoms with E-state index in [1.165, 1.54) is 0 Å². The minimum absolute atomic E-state index is 0.0557. The minimum atomic E-state index is -0.0557. The molecule has 0 spiro atoms. The van der Waals surface area contributed by atoms with Gasteiger partial charge in [-0.25, -0.2) is 4.98 Å². The summed E-state index contributed by atoms with van der Waals surface area (Å²) < 4.78 is 7.35. The summed E-state index contributed by atoms with van der Waals surface area (Å²) in [7, 11) is 3.60. The van der Waals surface area contributed by atoms with Gasteiger partial charge >= 0.3 is 0 Å². The molecule has 0 aliphatic rings. The predicted octanol–water partition coefficient (Wildman–Crippen LogP) is 3.43. The molecule has 6 nitrogen and oxygen atoms in total. The van der Waals surface area contributed by atoms with Crippen molar-refractivity contribution < 1.29 is 9.53 Å². The first-order chi connectivity index (χ1) is 13.0. The largest absolute Gasteiger partial charge is 0.497 e. The van der Waals surface area contributed by atoms with Gasteiger partial charge in [-0.2, -0.15) is 0 Å². The maximum Gasteiger partial charge on any atom is 0.253 e. The molecule has 0 bridgehead atoms. The number of hydrogen-bond donors (Lipinski definition) is 2. The molecule has 0 atom stereocenters. The molecule has 0 radical (unpaired) electrons. The number of ether oxygens (including phenoxy) is 1. The summed E-state index contributed by atoms with van der Waals surface area (Å²) in [6, 6.07) is 9.79. The lowest BCUT2D eigenvalue weighted by molar-refractivity contribution is 0.0954. The molecule has 2 N–H and O–H groups in total. The van der Waals surface area contributed by atoms with E-state index >= 15 is 0 Å². The molecule has 0 aliphatic carbocycles. The van der Waals surface area contributed by atoms with E-state index in [0.717, 1.165) is 46.7 Å². The molecule has 0 fully saturated rings. The number of anilines is 1. The van der Waals surface area contributed by atoms with Gasteiger partial charge in [-0.05, 0) is 50.1 Å². The maximum absolute atomic E-state index is 12.8. The van der Waals surface area contributed by atoms with Crippen LogP contribution in [0.1, 0.15) is 28.0 Å². The van der Waals surface area contributed by atoms with Crippen LogP contribution in [0.5, 0.6) is 5.75 Å². The third kappa shape index (κ3) is 4.05. The van der Waals surface area contributed by atoms with Crippen molar-refractivity contribution in [2.45, 2.75) is 20.3 Å². The minimum Gasteiger partial charge on any atom is -0.497 e. The monoisotopic (exact) mass is 366 g/mol. The fourth-order valence-electron chi connectivity index (χ4n) is 3.13. The number of nitrogens with zero attached hydrogens (tertiary/aromatic N) is 2. The molecule has 3 rings (SSSR count). The van der Waals surface area contributed by atoms with E-state index in [9.17, 15) is 4.79 Å². The number of carbonyl (C=O) groups is 1. The molecule has 142 valence electrons. The highest BCUT2D eigenvalue weighted by atomic mass is 16.5. The second kappa shape index (κ2) is 8.12. The molecule has 0 saturated carbocycles. The summed E-state index contributed by atoms with van der Waals surface area (Å²) in [5.74, 6) is 1.54. The van der Waals surface area contributed by atoms with Crippen LogP contribution in [-0.2, 0) is 7.05 Å². The van der Waals surface area contributed by atoms with Gasteiger partial charge in [-0.1, -0.05) is 6.07 Å². The van der Waals surface area contributed by atoms with Crippen molar-refractivity contribution in [2.24, 2.45) is 7.05 Å². The molecule has 1 amide bonds. The van der Waals surface area contributed by atoms with Gasteiger partial charge in [0.15, 0.2) is 0 Å². The summed E-state index contributed by atoms with van der Waals surface area (Å²) in [6.45, 7) is 5.32. The van der Waals surface area contributed by atoms with E-state index in [1.54, 1.807) is 7.11 Å². The molecule has 1 aromatic carbocycles. The number of aromatic nitrogens is 2. The van der Waals surface area contributed by atoms with Gasteiger partial charge in [0.1, 0.15) is 11.6 Å². The van der Waals surface area contributed by atoms with Crippen molar-refractivity contribution in [3.05, 3.63) is 53.3 Å². The first-order valence-corrected chi connectivity index (χ1v) is 9.09. The topological polar surface area (TPSA) is 68.2 Å². The van der Waals surface area contributed by atoms with E-state index in [2.05, 4.69) is 15.6 Å². The molecule has 2 aromatic heterocycles. The average Bonchev–Trinajstić information content (AvgIpc) is 2.93. The van der Waals surface area contributed by atoms with E-state index in [-0.39, 0.29) is 5.91 Å². The Morgan fingerprint density at radius 1 is 1.19 bits per heavy atom. The van der Waals surface area contributed by atoms with Gasteiger partial charge in [0, 0.05) is 42.9 Å². The van der Waals surface area contributed by atoms with Crippen molar-refractivity contribution in [1.29, 1.82) is 0 Å². The smallest absolute Gasteiger partial charge is 0.253 e. The van der Waals surface area contributed by atoms with E-state index in [1.807, 2.05) is 62.0 Å². The number of nitrogens with one attached hydrogen (secondary N) is 2. The normalized spacial score (nSPS) is 10.8. The van der Waals surface area contributed by atoms with Crippen LogP contribution in [0.2, 0.25) is 0 Å². The number of aryl methyl sites for hydroxylation is 2. The molecule has 3 aromatic rings. The first-order valence-electron chi connectivity index (χ1n) is 9.09. The number of carbonyl (C=O) groups excluding carboxylic acids is 1. The Labute approximate surface area is 159 Å². The number of hydrogen-bond acceptors (Lipinski definition) is 4. The number of rotatable bonds is 7. The summed E-state index contributed by atoms with van der Waals surface area (Å²) >= 11 is 0. The Hall–Kier alpha value is -3.02. The molecule has 6 heteroatoms. The fraction of sp³-hybridized carbons (Fsp3) is 0.333. The Bertz CT molecular complexity index is 945. The van der Waals surface area contributed by atoms with Crippen LogP contribution < -0.4 is 15.4 Å². The van der Waals surface area contributed by atoms with Crippen LogP contribution in [0.25, 0.3) is 10.9 Å². The summed E-state index contributed by atoms with van der Waals surface area (Å²) in [6.07, 6.45) is 2.65. The molecular weight excluding hydrogens is 340 g/mol. The molecule has 0 unspecified atom stereocenters. The first kappa shape index (κ1) is 18.8. The SMILES string of the molecule is COc1ccc2c(c1)c(C(=O)NCCCNc1ccc(C)cn1)c(C)n2C. The lowest BCUT2D eigenvalue weighted by atomic mass is 10.1. The van der Waals surface area contributed by atoms with Gasteiger partial charge < -0.3 is 19.9 Å². The van der Waals surface area contributed by atoms with Crippen molar-refractivity contribution in [2.75, 3.05) is 25.5 Å². The molecular formula is C21H26N4O2. The van der Waals surface area contributed by atoms with Crippen LogP contribution in [0.4, 0.5) is 5.82 Å². The highest BCUT2D eigenvalue weighted by Crippen LogP contribution is 2.28. The Balaban J connectivity index is 1.61. The fourth-order valence-corrected chi connectivity index (χ4v) is 3.13.